The van der Waals surface area contributed by atoms with Gasteiger partial charge in [0.15, 0.2) is 0 Å². The molecule has 0 aliphatic heterocycles. The van der Waals surface area contributed by atoms with Crippen LogP contribution in [0.3, 0.4) is 0 Å². The summed E-state index contributed by atoms with van der Waals surface area (Å²) in [5.74, 6) is 0.569. The van der Waals surface area contributed by atoms with Gasteiger partial charge in [0.2, 0.25) is 0 Å². The number of aliphatic hydroxyl groups excluding tert-OH is 2. The van der Waals surface area contributed by atoms with E-state index in [0.29, 0.717) is 17.3 Å². The minimum atomic E-state index is -0.605. The Morgan fingerprint density at radius 1 is 1.39 bits per heavy atom. The lowest BCUT2D eigenvalue weighted by molar-refractivity contribution is -0.727. The third-order valence-electron chi connectivity index (χ3n) is 2.62. The molecule has 0 aromatic heterocycles. The van der Waals surface area contributed by atoms with Crippen molar-refractivity contribution in [2.24, 2.45) is 0 Å². The fourth-order valence-corrected chi connectivity index (χ4v) is 1.53. The Morgan fingerprint density at radius 3 is 2.67 bits per heavy atom. The van der Waals surface area contributed by atoms with Crippen molar-refractivity contribution in [2.45, 2.75) is 25.5 Å². The molecular formula is C13H21ClNO3+. The summed E-state index contributed by atoms with van der Waals surface area (Å²) in [6.45, 7) is 4.54. The van der Waals surface area contributed by atoms with Crippen molar-refractivity contribution < 1.29 is 20.3 Å². The minimum Gasteiger partial charge on any atom is -0.489 e. The van der Waals surface area contributed by atoms with Crippen LogP contribution in [0.2, 0.25) is 5.02 Å². The van der Waals surface area contributed by atoms with Crippen molar-refractivity contribution in [1.29, 1.82) is 0 Å². The number of hydrogen-bond acceptors (Lipinski definition) is 3. The van der Waals surface area contributed by atoms with Gasteiger partial charge in [-0.25, -0.2) is 0 Å². The third kappa shape index (κ3) is 5.23. The summed E-state index contributed by atoms with van der Waals surface area (Å²) in [7, 11) is 0. The highest BCUT2D eigenvalue weighted by Crippen LogP contribution is 2.22. The number of para-hydroxylation sites is 1. The van der Waals surface area contributed by atoms with Crippen molar-refractivity contribution in [2.75, 3.05) is 19.8 Å². The average molecular weight is 275 g/mol. The molecule has 5 heteroatoms. The summed E-state index contributed by atoms with van der Waals surface area (Å²) in [5.41, 5.74) is -0.286. The number of rotatable bonds is 7. The van der Waals surface area contributed by atoms with Crippen LogP contribution < -0.4 is 10.1 Å². The summed E-state index contributed by atoms with van der Waals surface area (Å²) >= 11 is 5.93. The first-order valence-electron chi connectivity index (χ1n) is 5.95. The van der Waals surface area contributed by atoms with Gasteiger partial charge in [-0.15, -0.1) is 0 Å². The Kier molecular flexibility index (Phi) is 5.88. The van der Waals surface area contributed by atoms with Gasteiger partial charge in [-0.1, -0.05) is 23.7 Å². The SMILES string of the molecule is CC(C)(CO)[NH2+]C[C@@H](O)COc1ccccc1Cl. The molecule has 18 heavy (non-hydrogen) atoms. The maximum absolute atomic E-state index is 9.78. The van der Waals surface area contributed by atoms with Crippen LogP contribution in [0.1, 0.15) is 13.8 Å². The highest BCUT2D eigenvalue weighted by molar-refractivity contribution is 6.32. The molecule has 4 nitrogen and oxygen atoms in total. The van der Waals surface area contributed by atoms with E-state index in [1.165, 1.54) is 0 Å². The summed E-state index contributed by atoms with van der Waals surface area (Å²) in [5, 5.41) is 21.3. The van der Waals surface area contributed by atoms with Crippen LogP contribution in [0.15, 0.2) is 24.3 Å². The monoisotopic (exact) mass is 274 g/mol. The molecule has 0 amide bonds. The van der Waals surface area contributed by atoms with E-state index in [-0.39, 0.29) is 18.8 Å². The summed E-state index contributed by atoms with van der Waals surface area (Å²) < 4.78 is 5.43. The zero-order valence-corrected chi connectivity index (χ0v) is 11.5. The maximum atomic E-state index is 9.78. The summed E-state index contributed by atoms with van der Waals surface area (Å²) in [4.78, 5) is 0. The standard InChI is InChI=1S/C13H20ClNO3/c1-13(2,9-16)15-7-10(17)8-18-12-6-4-3-5-11(12)14/h3-6,10,15-17H,7-9H2,1-2H3/p+1/t10-/m1/s1. The molecule has 0 spiro atoms. The van der Waals surface area contributed by atoms with E-state index in [1.807, 2.05) is 31.3 Å². The van der Waals surface area contributed by atoms with Crippen LogP contribution in [0.4, 0.5) is 0 Å². The second-order valence-electron chi connectivity index (χ2n) is 4.98. The topological polar surface area (TPSA) is 66.3 Å². The van der Waals surface area contributed by atoms with Gasteiger partial charge in [0.25, 0.3) is 0 Å². The van der Waals surface area contributed by atoms with Crippen LogP contribution in [0.5, 0.6) is 5.75 Å². The number of hydrogen-bond donors (Lipinski definition) is 3. The summed E-state index contributed by atoms with van der Waals surface area (Å²) in [6, 6.07) is 7.15. The molecule has 0 fully saturated rings. The van der Waals surface area contributed by atoms with E-state index in [4.69, 9.17) is 21.4 Å². The lowest BCUT2D eigenvalue weighted by Gasteiger charge is -2.21. The largest absolute Gasteiger partial charge is 0.489 e. The molecule has 1 rings (SSSR count). The first-order chi connectivity index (χ1) is 8.44. The van der Waals surface area contributed by atoms with Crippen LogP contribution in [0, 0.1) is 0 Å². The van der Waals surface area contributed by atoms with Gasteiger partial charge in [0, 0.05) is 0 Å². The van der Waals surface area contributed by atoms with Gasteiger partial charge < -0.3 is 20.3 Å². The second-order valence-corrected chi connectivity index (χ2v) is 5.39. The Hall–Kier alpha value is -0.810. The van der Waals surface area contributed by atoms with E-state index < -0.39 is 6.10 Å². The first-order valence-corrected chi connectivity index (χ1v) is 6.33. The molecule has 0 bridgehead atoms. The fraction of sp³-hybridized carbons (Fsp3) is 0.538. The van der Waals surface area contributed by atoms with Crippen molar-refractivity contribution in [1.82, 2.24) is 0 Å². The second kappa shape index (κ2) is 6.95. The van der Waals surface area contributed by atoms with E-state index in [9.17, 15) is 5.11 Å². The first kappa shape index (κ1) is 15.2. The fourth-order valence-electron chi connectivity index (χ4n) is 1.34. The number of nitrogens with two attached hydrogens (primary N) is 1. The Bertz CT molecular complexity index is 371. The lowest BCUT2D eigenvalue weighted by Crippen LogP contribution is -2.97. The van der Waals surface area contributed by atoms with Gasteiger partial charge in [-0.3, -0.25) is 0 Å². The van der Waals surface area contributed by atoms with E-state index in [0.717, 1.165) is 0 Å². The third-order valence-corrected chi connectivity index (χ3v) is 2.93. The Morgan fingerprint density at radius 2 is 2.06 bits per heavy atom. The number of benzene rings is 1. The molecule has 1 aromatic rings. The average Bonchev–Trinajstić information content (AvgIpc) is 2.35. The molecule has 4 N–H and O–H groups in total. The number of halogens is 1. The van der Waals surface area contributed by atoms with Crippen molar-refractivity contribution in [3.63, 3.8) is 0 Å². The van der Waals surface area contributed by atoms with Gasteiger partial charge in [0.1, 0.15) is 30.5 Å². The molecule has 0 radical (unpaired) electrons. The molecule has 0 saturated carbocycles. The molecule has 102 valence electrons. The predicted octanol–water partition coefficient (Wildman–Crippen LogP) is 0.414. The van der Waals surface area contributed by atoms with E-state index in [1.54, 1.807) is 12.1 Å². The quantitative estimate of drug-likeness (QED) is 0.675. The Balaban J connectivity index is 2.34. The number of aliphatic hydroxyl groups is 2. The lowest BCUT2D eigenvalue weighted by atomic mass is 10.1. The van der Waals surface area contributed by atoms with Gasteiger partial charge >= 0.3 is 0 Å². The van der Waals surface area contributed by atoms with Crippen LogP contribution in [-0.4, -0.2) is 41.6 Å². The van der Waals surface area contributed by atoms with Crippen molar-refractivity contribution >= 4 is 11.6 Å². The van der Waals surface area contributed by atoms with Gasteiger partial charge in [0.05, 0.1) is 11.6 Å². The maximum Gasteiger partial charge on any atom is 0.138 e. The zero-order valence-electron chi connectivity index (χ0n) is 10.8. The van der Waals surface area contributed by atoms with Crippen LogP contribution in [-0.2, 0) is 0 Å². The highest BCUT2D eigenvalue weighted by atomic mass is 35.5. The van der Waals surface area contributed by atoms with Crippen molar-refractivity contribution in [3.8, 4) is 5.75 Å². The Labute approximate surface area is 113 Å². The molecule has 1 aromatic carbocycles. The molecule has 0 heterocycles. The normalized spacial score (nSPS) is 13.4. The molecule has 0 aliphatic carbocycles. The summed E-state index contributed by atoms with van der Waals surface area (Å²) in [6.07, 6.45) is -0.605. The predicted molar refractivity (Wildman–Crippen MR) is 70.9 cm³/mol. The van der Waals surface area contributed by atoms with Gasteiger partial charge in [-0.2, -0.15) is 0 Å². The molecule has 0 unspecified atom stereocenters. The molecule has 0 saturated heterocycles. The molecule has 1 atom stereocenters. The van der Waals surface area contributed by atoms with Crippen molar-refractivity contribution in [3.05, 3.63) is 29.3 Å². The highest BCUT2D eigenvalue weighted by Gasteiger charge is 2.21. The van der Waals surface area contributed by atoms with E-state index >= 15 is 0 Å². The smallest absolute Gasteiger partial charge is 0.138 e. The zero-order chi connectivity index (χ0) is 13.6. The van der Waals surface area contributed by atoms with E-state index in [2.05, 4.69) is 0 Å². The molecule has 0 aliphatic rings. The van der Waals surface area contributed by atoms with Gasteiger partial charge in [-0.05, 0) is 26.0 Å². The van der Waals surface area contributed by atoms with Crippen LogP contribution >= 0.6 is 11.6 Å². The number of ether oxygens (including phenoxy) is 1. The number of quaternary nitrogens is 1. The molecular weight excluding hydrogens is 254 g/mol. The minimum absolute atomic E-state index is 0.0606. The van der Waals surface area contributed by atoms with Crippen LogP contribution in [0.25, 0.3) is 0 Å².